The Balaban J connectivity index is 2.55. The molecule has 0 atom stereocenters. The molecule has 0 spiro atoms. The summed E-state index contributed by atoms with van der Waals surface area (Å²) in [5, 5.41) is 0.638. The number of fused-ring (bicyclic) bond motifs is 1. The lowest BCUT2D eigenvalue weighted by Gasteiger charge is -1.88. The van der Waals surface area contributed by atoms with Crippen LogP contribution in [-0.2, 0) is 11.4 Å². The van der Waals surface area contributed by atoms with Gasteiger partial charge in [0.25, 0.3) is 0 Å². The van der Waals surface area contributed by atoms with Crippen LogP contribution in [0.1, 0.15) is 4.88 Å². The van der Waals surface area contributed by atoms with E-state index >= 15 is 0 Å². The van der Waals surface area contributed by atoms with E-state index in [9.17, 15) is 4.39 Å². The summed E-state index contributed by atoms with van der Waals surface area (Å²) in [4.78, 5) is 5.42. The van der Waals surface area contributed by atoms with Crippen LogP contribution in [0.25, 0.3) is 10.1 Å². The summed E-state index contributed by atoms with van der Waals surface area (Å²) in [6, 6.07) is 6.79. The highest BCUT2D eigenvalue weighted by molar-refractivity contribution is 7.19. The molecule has 0 aliphatic heterocycles. The van der Waals surface area contributed by atoms with Gasteiger partial charge in [0.2, 0.25) is 0 Å². The number of thiophene rings is 1. The lowest BCUT2D eigenvalue weighted by atomic mass is 10.2. The van der Waals surface area contributed by atoms with E-state index in [-0.39, 0.29) is 5.82 Å². The minimum atomic E-state index is -0.197. The fourth-order valence-corrected chi connectivity index (χ4v) is 2.23. The fourth-order valence-electron chi connectivity index (χ4n) is 1.23. The first-order chi connectivity index (χ1) is 6.31. The average molecular weight is 197 g/mol. The van der Waals surface area contributed by atoms with Gasteiger partial charge < -0.3 is 0 Å². The predicted molar refractivity (Wildman–Crippen MR) is 50.8 cm³/mol. The second-order valence-corrected chi connectivity index (χ2v) is 3.84. The van der Waals surface area contributed by atoms with Crippen molar-refractivity contribution in [3.05, 3.63) is 35.0 Å². The zero-order valence-electron chi connectivity index (χ0n) is 6.79. The molecule has 0 saturated carbocycles. The van der Waals surface area contributed by atoms with Crippen molar-refractivity contribution >= 4 is 21.4 Å². The third-order valence-corrected chi connectivity index (χ3v) is 2.86. The average Bonchev–Trinajstić information content (AvgIpc) is 2.49. The molecule has 0 unspecified atom stereocenters. The molecule has 0 aliphatic rings. The molecule has 2 aromatic rings. The minimum absolute atomic E-state index is 0.197. The monoisotopic (exact) mass is 197 g/mol. The van der Waals surface area contributed by atoms with Gasteiger partial charge in [0.15, 0.2) is 0 Å². The van der Waals surface area contributed by atoms with E-state index in [2.05, 4.69) is 4.84 Å². The van der Waals surface area contributed by atoms with Gasteiger partial charge in [-0.25, -0.2) is 10.3 Å². The molecule has 0 radical (unpaired) electrons. The van der Waals surface area contributed by atoms with E-state index in [1.165, 1.54) is 17.4 Å². The Kier molecular flexibility index (Phi) is 2.26. The molecule has 0 fully saturated rings. The molecule has 1 aromatic heterocycles. The van der Waals surface area contributed by atoms with Crippen molar-refractivity contribution in [3.63, 3.8) is 0 Å². The number of hydrogen-bond acceptors (Lipinski definition) is 3. The minimum Gasteiger partial charge on any atom is -0.299 e. The third kappa shape index (κ3) is 1.56. The second kappa shape index (κ2) is 3.41. The Labute approximate surface area is 78.7 Å². The van der Waals surface area contributed by atoms with Crippen LogP contribution in [-0.4, -0.2) is 0 Å². The third-order valence-electron chi connectivity index (χ3n) is 1.78. The quantitative estimate of drug-likeness (QED) is 0.750. The van der Waals surface area contributed by atoms with Gasteiger partial charge in [0, 0.05) is 15.0 Å². The van der Waals surface area contributed by atoms with Crippen molar-refractivity contribution in [3.8, 4) is 0 Å². The zero-order valence-corrected chi connectivity index (χ0v) is 7.60. The summed E-state index contributed by atoms with van der Waals surface area (Å²) in [5.74, 6) is 4.74. The van der Waals surface area contributed by atoms with E-state index < -0.39 is 0 Å². The van der Waals surface area contributed by atoms with Crippen molar-refractivity contribution in [2.24, 2.45) is 5.90 Å². The lowest BCUT2D eigenvalue weighted by Crippen LogP contribution is -1.96. The Morgan fingerprint density at radius 3 is 3.00 bits per heavy atom. The van der Waals surface area contributed by atoms with Gasteiger partial charge in [0.1, 0.15) is 12.4 Å². The summed E-state index contributed by atoms with van der Waals surface area (Å²) in [5.41, 5.74) is 0. The molecule has 2 N–H and O–H groups in total. The number of nitrogens with two attached hydrogens (primary N) is 1. The van der Waals surface area contributed by atoms with E-state index in [4.69, 9.17) is 5.90 Å². The van der Waals surface area contributed by atoms with Gasteiger partial charge in [-0.2, -0.15) is 0 Å². The summed E-state index contributed by atoms with van der Waals surface area (Å²) in [6.45, 7) is 0.332. The van der Waals surface area contributed by atoms with Gasteiger partial charge in [-0.3, -0.25) is 4.84 Å². The standard InChI is InChI=1S/C9H8FNOS/c10-8-2-1-3-9-7(8)4-6(13-9)5-12-11/h1-4H,5,11H2. The van der Waals surface area contributed by atoms with Crippen LogP contribution >= 0.6 is 11.3 Å². The summed E-state index contributed by atoms with van der Waals surface area (Å²) in [7, 11) is 0. The Morgan fingerprint density at radius 2 is 2.31 bits per heavy atom. The molecule has 68 valence electrons. The summed E-state index contributed by atoms with van der Waals surface area (Å²) in [6.07, 6.45) is 0. The predicted octanol–water partition coefficient (Wildman–Crippen LogP) is 2.43. The van der Waals surface area contributed by atoms with Crippen molar-refractivity contribution in [2.45, 2.75) is 6.61 Å². The fraction of sp³-hybridized carbons (Fsp3) is 0.111. The van der Waals surface area contributed by atoms with Crippen molar-refractivity contribution in [1.29, 1.82) is 0 Å². The molecule has 0 bridgehead atoms. The Morgan fingerprint density at radius 1 is 1.46 bits per heavy atom. The molecule has 0 saturated heterocycles. The molecule has 2 nitrogen and oxygen atoms in total. The van der Waals surface area contributed by atoms with Gasteiger partial charge in [0.05, 0.1) is 0 Å². The summed E-state index contributed by atoms with van der Waals surface area (Å²) < 4.78 is 14.1. The topological polar surface area (TPSA) is 35.2 Å². The molecule has 0 aliphatic carbocycles. The maximum absolute atomic E-state index is 13.2. The molecule has 0 amide bonds. The number of benzene rings is 1. The van der Waals surface area contributed by atoms with Crippen LogP contribution in [0.5, 0.6) is 0 Å². The largest absolute Gasteiger partial charge is 0.299 e. The highest BCUT2D eigenvalue weighted by Gasteiger charge is 2.04. The highest BCUT2D eigenvalue weighted by Crippen LogP contribution is 2.27. The first kappa shape index (κ1) is 8.62. The van der Waals surface area contributed by atoms with Crippen molar-refractivity contribution in [1.82, 2.24) is 0 Å². The van der Waals surface area contributed by atoms with Crippen LogP contribution in [0.15, 0.2) is 24.3 Å². The first-order valence-corrected chi connectivity index (χ1v) is 4.61. The SMILES string of the molecule is NOCc1cc2c(F)cccc2s1. The Hall–Kier alpha value is -0.970. The number of halogens is 1. The Bertz CT molecular complexity index is 426. The summed E-state index contributed by atoms with van der Waals surface area (Å²) >= 11 is 1.49. The smallest absolute Gasteiger partial charge is 0.131 e. The lowest BCUT2D eigenvalue weighted by molar-refractivity contribution is 0.126. The van der Waals surface area contributed by atoms with E-state index in [1.807, 2.05) is 6.07 Å². The van der Waals surface area contributed by atoms with Crippen LogP contribution < -0.4 is 5.90 Å². The highest BCUT2D eigenvalue weighted by atomic mass is 32.1. The maximum atomic E-state index is 13.2. The van der Waals surface area contributed by atoms with Gasteiger partial charge in [-0.05, 0) is 18.2 Å². The zero-order chi connectivity index (χ0) is 9.26. The number of hydrogen-bond donors (Lipinski definition) is 1. The van der Waals surface area contributed by atoms with E-state index in [0.717, 1.165) is 9.58 Å². The maximum Gasteiger partial charge on any atom is 0.131 e. The van der Waals surface area contributed by atoms with Crippen LogP contribution in [0.2, 0.25) is 0 Å². The van der Waals surface area contributed by atoms with Crippen LogP contribution in [0.4, 0.5) is 4.39 Å². The molecular formula is C9H8FNOS. The van der Waals surface area contributed by atoms with E-state index in [1.54, 1.807) is 12.1 Å². The van der Waals surface area contributed by atoms with Crippen molar-refractivity contribution < 1.29 is 9.23 Å². The molecule has 4 heteroatoms. The normalized spacial score (nSPS) is 10.9. The molecule has 13 heavy (non-hydrogen) atoms. The van der Waals surface area contributed by atoms with Gasteiger partial charge in [-0.15, -0.1) is 11.3 Å². The molecule has 1 heterocycles. The van der Waals surface area contributed by atoms with Crippen LogP contribution in [0, 0.1) is 5.82 Å². The van der Waals surface area contributed by atoms with Crippen molar-refractivity contribution in [2.75, 3.05) is 0 Å². The van der Waals surface area contributed by atoms with E-state index in [0.29, 0.717) is 12.0 Å². The number of rotatable bonds is 2. The van der Waals surface area contributed by atoms with Gasteiger partial charge >= 0.3 is 0 Å². The molecule has 1 aromatic carbocycles. The van der Waals surface area contributed by atoms with Gasteiger partial charge in [-0.1, -0.05) is 6.07 Å². The molecule has 2 rings (SSSR count). The second-order valence-electron chi connectivity index (χ2n) is 2.68. The van der Waals surface area contributed by atoms with Crippen LogP contribution in [0.3, 0.4) is 0 Å². The first-order valence-electron chi connectivity index (χ1n) is 3.80. The molecular weight excluding hydrogens is 189 g/mol.